The molecule has 0 spiro atoms. The number of carbonyl (C=O) groups is 2. The van der Waals surface area contributed by atoms with Crippen LogP contribution in [0.5, 0.6) is 0 Å². The highest BCUT2D eigenvalue weighted by atomic mass is 35.5. The largest absolute Gasteiger partial charge is 0.417 e. The Morgan fingerprint density at radius 2 is 1.67 bits per heavy atom. The molecular formula is C27H24Cl2F3N5O2. The van der Waals surface area contributed by atoms with Crippen LogP contribution in [-0.4, -0.2) is 34.9 Å². The Morgan fingerprint density at radius 3 is 2.38 bits per heavy atom. The second kappa shape index (κ2) is 11.2. The first-order valence-corrected chi connectivity index (χ1v) is 12.3. The number of carbonyl (C=O) groups excluding carboxylic acids is 2. The molecule has 1 aliphatic rings. The van der Waals surface area contributed by atoms with Crippen LogP contribution >= 0.6 is 24.0 Å². The molecule has 1 aromatic heterocycles. The molecule has 1 aliphatic heterocycles. The number of amides is 2. The first-order chi connectivity index (χ1) is 18.1. The molecule has 0 saturated carbocycles. The molecule has 0 radical (unpaired) electrons. The maximum Gasteiger partial charge on any atom is 0.417 e. The number of hydrogen-bond acceptors (Lipinski definition) is 4. The van der Waals surface area contributed by atoms with Gasteiger partial charge in [-0.25, -0.2) is 4.98 Å². The van der Waals surface area contributed by atoms with Crippen molar-refractivity contribution in [2.45, 2.75) is 25.9 Å². The highest BCUT2D eigenvalue weighted by molar-refractivity contribution is 6.31. The molecule has 2 amide bonds. The van der Waals surface area contributed by atoms with Gasteiger partial charge in [0.15, 0.2) is 0 Å². The number of rotatable bonds is 5. The number of imidazole rings is 1. The van der Waals surface area contributed by atoms with Crippen molar-refractivity contribution in [1.29, 1.82) is 0 Å². The van der Waals surface area contributed by atoms with Gasteiger partial charge in [-0.1, -0.05) is 29.8 Å². The van der Waals surface area contributed by atoms with Gasteiger partial charge in [0.1, 0.15) is 5.52 Å². The summed E-state index contributed by atoms with van der Waals surface area (Å²) in [4.78, 5) is 36.2. The normalized spacial score (nSPS) is 13.3. The summed E-state index contributed by atoms with van der Waals surface area (Å²) in [5.41, 5.74) is 0.715. The summed E-state index contributed by atoms with van der Waals surface area (Å²) in [7, 11) is 0. The second-order valence-electron chi connectivity index (χ2n) is 9.04. The lowest BCUT2D eigenvalue weighted by atomic mass is 10.1. The number of anilines is 3. The number of benzene rings is 3. The van der Waals surface area contributed by atoms with Crippen LogP contribution in [0.2, 0.25) is 5.02 Å². The minimum Gasteiger partial charge on any atom is -0.342 e. The summed E-state index contributed by atoms with van der Waals surface area (Å²) in [5.74, 6) is -0.878. The van der Waals surface area contributed by atoms with E-state index in [1.165, 1.54) is 18.2 Å². The van der Waals surface area contributed by atoms with Crippen LogP contribution < -0.4 is 15.5 Å². The van der Waals surface area contributed by atoms with Crippen LogP contribution in [0.1, 0.15) is 44.7 Å². The summed E-state index contributed by atoms with van der Waals surface area (Å²) >= 11 is 6.20. The molecule has 12 heteroatoms. The molecule has 7 nitrogen and oxygen atoms in total. The van der Waals surface area contributed by atoms with Crippen LogP contribution in [0.25, 0.3) is 11.0 Å². The Hall–Kier alpha value is -3.76. The molecule has 3 aromatic carbocycles. The van der Waals surface area contributed by atoms with E-state index in [1.54, 1.807) is 31.2 Å². The minimum absolute atomic E-state index is 0. The Kier molecular flexibility index (Phi) is 8.08. The van der Waals surface area contributed by atoms with Gasteiger partial charge in [-0.3, -0.25) is 9.59 Å². The van der Waals surface area contributed by atoms with Gasteiger partial charge in [-0.2, -0.15) is 13.2 Å². The second-order valence-corrected chi connectivity index (χ2v) is 9.45. The van der Waals surface area contributed by atoms with Crippen molar-refractivity contribution in [3.63, 3.8) is 0 Å². The van der Waals surface area contributed by atoms with Gasteiger partial charge in [-0.05, 0) is 61.7 Å². The van der Waals surface area contributed by atoms with Gasteiger partial charge in [0, 0.05) is 29.5 Å². The van der Waals surface area contributed by atoms with E-state index in [4.69, 9.17) is 11.6 Å². The smallest absolute Gasteiger partial charge is 0.342 e. The molecule has 0 unspecified atom stereocenters. The van der Waals surface area contributed by atoms with E-state index in [0.29, 0.717) is 33.3 Å². The minimum atomic E-state index is -4.70. The predicted molar refractivity (Wildman–Crippen MR) is 148 cm³/mol. The van der Waals surface area contributed by atoms with Crippen molar-refractivity contribution >= 4 is 64.2 Å². The van der Waals surface area contributed by atoms with Gasteiger partial charge < -0.3 is 20.5 Å². The van der Waals surface area contributed by atoms with Crippen LogP contribution in [0.15, 0.2) is 54.6 Å². The fourth-order valence-corrected chi connectivity index (χ4v) is 4.66. The van der Waals surface area contributed by atoms with Crippen molar-refractivity contribution in [2.24, 2.45) is 0 Å². The van der Waals surface area contributed by atoms with E-state index < -0.39 is 29.1 Å². The highest BCUT2D eigenvalue weighted by Gasteiger charge is 2.35. The SMILES string of the molecule is Cc1c(Cl)cccc1NC(=O)c1cc(NC(=O)c2ccccc2C(F)(F)F)cc2[nH]c(N3CCCC3)nc12.Cl. The lowest BCUT2D eigenvalue weighted by Crippen LogP contribution is -2.19. The molecule has 39 heavy (non-hydrogen) atoms. The Balaban J connectivity index is 0.00000353. The van der Waals surface area contributed by atoms with Crippen molar-refractivity contribution in [3.8, 4) is 0 Å². The number of fused-ring (bicyclic) bond motifs is 1. The molecular weight excluding hydrogens is 554 g/mol. The fraction of sp³-hybridized carbons (Fsp3) is 0.222. The van der Waals surface area contributed by atoms with E-state index in [1.807, 2.05) is 0 Å². The number of nitrogens with zero attached hydrogens (tertiary/aromatic N) is 2. The third-order valence-corrected chi connectivity index (χ3v) is 6.88. The number of hydrogen-bond donors (Lipinski definition) is 3. The Morgan fingerprint density at radius 1 is 0.974 bits per heavy atom. The Labute approximate surface area is 233 Å². The Bertz CT molecular complexity index is 1550. The molecule has 0 aliphatic carbocycles. The van der Waals surface area contributed by atoms with Crippen molar-refractivity contribution in [3.05, 3.63) is 81.9 Å². The van der Waals surface area contributed by atoms with Crippen LogP contribution in [0, 0.1) is 6.92 Å². The first kappa shape index (κ1) is 28.3. The van der Waals surface area contributed by atoms with Crippen molar-refractivity contribution in [1.82, 2.24) is 9.97 Å². The van der Waals surface area contributed by atoms with Crippen molar-refractivity contribution in [2.75, 3.05) is 28.6 Å². The lowest BCUT2D eigenvalue weighted by molar-refractivity contribution is -0.137. The summed E-state index contributed by atoms with van der Waals surface area (Å²) < 4.78 is 40.5. The first-order valence-electron chi connectivity index (χ1n) is 11.9. The molecule has 0 atom stereocenters. The van der Waals surface area contributed by atoms with E-state index in [9.17, 15) is 22.8 Å². The van der Waals surface area contributed by atoms with Gasteiger partial charge in [0.05, 0.1) is 22.2 Å². The molecule has 1 fully saturated rings. The van der Waals surface area contributed by atoms with E-state index >= 15 is 0 Å². The average molecular weight is 578 g/mol. The van der Waals surface area contributed by atoms with Crippen LogP contribution in [0.4, 0.5) is 30.5 Å². The molecule has 204 valence electrons. The molecule has 3 N–H and O–H groups in total. The third-order valence-electron chi connectivity index (χ3n) is 6.48. The quantitative estimate of drug-likeness (QED) is 0.236. The van der Waals surface area contributed by atoms with E-state index in [0.717, 1.165) is 38.1 Å². The maximum atomic E-state index is 13.5. The number of aromatic amines is 1. The highest BCUT2D eigenvalue weighted by Crippen LogP contribution is 2.33. The summed E-state index contributed by atoms with van der Waals surface area (Å²) in [5, 5.41) is 5.83. The molecule has 5 rings (SSSR count). The van der Waals surface area contributed by atoms with E-state index in [-0.39, 0.29) is 23.7 Å². The zero-order valence-electron chi connectivity index (χ0n) is 20.7. The van der Waals surface area contributed by atoms with Gasteiger partial charge in [0.2, 0.25) is 5.95 Å². The van der Waals surface area contributed by atoms with Gasteiger partial charge in [-0.15, -0.1) is 12.4 Å². The van der Waals surface area contributed by atoms with Crippen molar-refractivity contribution < 1.29 is 22.8 Å². The molecule has 0 bridgehead atoms. The number of nitrogens with one attached hydrogen (secondary N) is 3. The predicted octanol–water partition coefficient (Wildman–Crippen LogP) is 7.07. The number of H-pyrrole nitrogens is 1. The lowest BCUT2D eigenvalue weighted by Gasteiger charge is -2.14. The molecule has 2 heterocycles. The topological polar surface area (TPSA) is 90.1 Å². The fourth-order valence-electron chi connectivity index (χ4n) is 4.49. The standard InChI is InChI=1S/C27H23ClF3N5O2.ClH/c1-15-20(28)9-6-10-21(15)33-25(38)18-13-16(14-22-23(18)35-26(34-22)36-11-4-5-12-36)32-24(37)17-7-2-3-8-19(17)27(29,30)31;/h2-3,6-10,13-14H,4-5,11-12H2,1H3,(H,32,37)(H,33,38)(H,34,35);1H. The summed E-state index contributed by atoms with van der Waals surface area (Å²) in [6.07, 6.45) is -2.68. The van der Waals surface area contributed by atoms with Crippen LogP contribution in [0.3, 0.4) is 0 Å². The van der Waals surface area contributed by atoms with Gasteiger partial charge >= 0.3 is 6.18 Å². The zero-order valence-corrected chi connectivity index (χ0v) is 22.2. The number of halogens is 5. The zero-order chi connectivity index (χ0) is 27.0. The van der Waals surface area contributed by atoms with E-state index in [2.05, 4.69) is 25.5 Å². The van der Waals surface area contributed by atoms with Gasteiger partial charge in [0.25, 0.3) is 11.8 Å². The maximum absolute atomic E-state index is 13.5. The summed E-state index contributed by atoms with van der Waals surface area (Å²) in [6, 6.07) is 12.6. The molecule has 4 aromatic rings. The number of alkyl halides is 3. The van der Waals surface area contributed by atoms with Crippen LogP contribution in [-0.2, 0) is 6.18 Å². The third kappa shape index (κ3) is 5.81. The molecule has 1 saturated heterocycles. The average Bonchev–Trinajstić information content (AvgIpc) is 3.56. The summed E-state index contributed by atoms with van der Waals surface area (Å²) in [6.45, 7) is 3.38. The monoisotopic (exact) mass is 577 g/mol. The number of aromatic nitrogens is 2.